The van der Waals surface area contributed by atoms with Gasteiger partial charge in [0, 0.05) is 16.0 Å². The van der Waals surface area contributed by atoms with Crippen LogP contribution in [0, 0.1) is 0 Å². The number of nitrogens with zero attached hydrogens (tertiary/aromatic N) is 3. The van der Waals surface area contributed by atoms with Gasteiger partial charge in [-0.2, -0.15) is 0 Å². The Bertz CT molecular complexity index is 708. The van der Waals surface area contributed by atoms with Crippen LogP contribution < -0.4 is 10.1 Å². The summed E-state index contributed by atoms with van der Waals surface area (Å²) in [6, 6.07) is 1.78. The van der Waals surface area contributed by atoms with E-state index in [0.29, 0.717) is 16.6 Å². The number of aromatic nitrogens is 3. The van der Waals surface area contributed by atoms with Crippen molar-refractivity contribution in [2.24, 2.45) is 7.05 Å². The van der Waals surface area contributed by atoms with E-state index in [-0.39, 0.29) is 11.7 Å². The van der Waals surface area contributed by atoms with Gasteiger partial charge in [-0.1, -0.05) is 11.8 Å². The van der Waals surface area contributed by atoms with Gasteiger partial charge in [-0.25, -0.2) is 0 Å². The third-order valence-electron chi connectivity index (χ3n) is 2.60. The van der Waals surface area contributed by atoms with E-state index in [1.807, 2.05) is 7.05 Å². The molecular formula is C12H11Br3N4O2S. The quantitative estimate of drug-likeness (QED) is 0.485. The number of halogens is 3. The monoisotopic (exact) mass is 512 g/mol. The van der Waals surface area contributed by atoms with Gasteiger partial charge in [0.25, 0.3) is 0 Å². The second kappa shape index (κ2) is 7.80. The van der Waals surface area contributed by atoms with E-state index in [9.17, 15) is 4.79 Å². The summed E-state index contributed by atoms with van der Waals surface area (Å²) in [4.78, 5) is 12.1. The lowest BCUT2D eigenvalue weighted by Crippen LogP contribution is -2.15. The maximum atomic E-state index is 12.1. The van der Waals surface area contributed by atoms with Crippen LogP contribution in [0.15, 0.2) is 31.0 Å². The average molecular weight is 515 g/mol. The van der Waals surface area contributed by atoms with Crippen molar-refractivity contribution in [1.29, 1.82) is 0 Å². The van der Waals surface area contributed by atoms with Crippen molar-refractivity contribution >= 4 is 71.1 Å². The molecule has 118 valence electrons. The number of thioether (sulfide) groups is 1. The molecule has 1 aromatic heterocycles. The van der Waals surface area contributed by atoms with Crippen molar-refractivity contribution in [3.8, 4) is 5.75 Å². The number of carbonyl (C=O) groups is 1. The molecule has 0 aliphatic heterocycles. The van der Waals surface area contributed by atoms with E-state index in [0.717, 1.165) is 13.4 Å². The SMILES string of the molecule is COc1c(NC(=O)CSc2nncn2C)cc(Br)c(Br)c1Br. The zero-order chi connectivity index (χ0) is 16.3. The van der Waals surface area contributed by atoms with Crippen LogP contribution in [0.4, 0.5) is 5.69 Å². The van der Waals surface area contributed by atoms with E-state index < -0.39 is 0 Å². The first-order chi connectivity index (χ1) is 10.4. The Morgan fingerprint density at radius 2 is 2.14 bits per heavy atom. The van der Waals surface area contributed by atoms with Gasteiger partial charge in [-0.3, -0.25) is 4.79 Å². The number of hydrogen-bond acceptors (Lipinski definition) is 5. The van der Waals surface area contributed by atoms with Gasteiger partial charge in [0.15, 0.2) is 10.9 Å². The highest BCUT2D eigenvalue weighted by Gasteiger charge is 2.16. The second-order valence-corrected chi connectivity index (χ2v) is 7.51. The first-order valence-electron chi connectivity index (χ1n) is 5.92. The molecule has 6 nitrogen and oxygen atoms in total. The maximum Gasteiger partial charge on any atom is 0.234 e. The van der Waals surface area contributed by atoms with Gasteiger partial charge in [-0.05, 0) is 53.9 Å². The van der Waals surface area contributed by atoms with Crippen molar-refractivity contribution < 1.29 is 9.53 Å². The largest absolute Gasteiger partial charge is 0.493 e. The van der Waals surface area contributed by atoms with E-state index in [4.69, 9.17) is 4.74 Å². The molecule has 0 atom stereocenters. The van der Waals surface area contributed by atoms with Crippen molar-refractivity contribution in [3.63, 3.8) is 0 Å². The molecule has 0 radical (unpaired) electrons. The zero-order valence-electron chi connectivity index (χ0n) is 11.6. The fraction of sp³-hybridized carbons (Fsp3) is 0.250. The Labute approximate surface area is 156 Å². The molecule has 0 aliphatic carbocycles. The molecule has 2 aromatic rings. The highest BCUT2D eigenvalue weighted by Crippen LogP contribution is 2.43. The van der Waals surface area contributed by atoms with Crippen molar-refractivity contribution in [2.75, 3.05) is 18.2 Å². The molecule has 0 unspecified atom stereocenters. The summed E-state index contributed by atoms with van der Waals surface area (Å²) in [6.07, 6.45) is 1.59. The van der Waals surface area contributed by atoms with Crippen LogP contribution in [0.3, 0.4) is 0 Å². The van der Waals surface area contributed by atoms with Crippen LogP contribution in [0.25, 0.3) is 0 Å². The molecule has 0 bridgehead atoms. The van der Waals surface area contributed by atoms with Crippen LogP contribution in [0.1, 0.15) is 0 Å². The minimum absolute atomic E-state index is 0.160. The molecule has 1 heterocycles. The standard InChI is InChI=1S/C12H11Br3N4O2S/c1-19-5-16-18-12(19)22-4-8(20)17-7-3-6(13)9(14)10(15)11(7)21-2/h3,5H,4H2,1-2H3,(H,17,20). The first-order valence-corrected chi connectivity index (χ1v) is 9.28. The summed E-state index contributed by atoms with van der Waals surface area (Å²) in [5, 5.41) is 11.2. The predicted octanol–water partition coefficient (Wildman–Crippen LogP) is 3.84. The Kier molecular flexibility index (Phi) is 6.30. The van der Waals surface area contributed by atoms with Gasteiger partial charge in [0.1, 0.15) is 6.33 Å². The number of anilines is 1. The Morgan fingerprint density at radius 1 is 1.41 bits per heavy atom. The molecular weight excluding hydrogens is 504 g/mol. The van der Waals surface area contributed by atoms with E-state index in [1.54, 1.807) is 24.1 Å². The smallest absolute Gasteiger partial charge is 0.234 e. The van der Waals surface area contributed by atoms with E-state index >= 15 is 0 Å². The first kappa shape index (κ1) is 17.8. The molecule has 0 saturated heterocycles. The summed E-state index contributed by atoms with van der Waals surface area (Å²) < 4.78 is 9.43. The van der Waals surface area contributed by atoms with Crippen LogP contribution in [0.5, 0.6) is 5.75 Å². The molecule has 1 N–H and O–H groups in total. The minimum Gasteiger partial charge on any atom is -0.493 e. The summed E-state index contributed by atoms with van der Waals surface area (Å²) in [7, 11) is 3.37. The van der Waals surface area contributed by atoms with Gasteiger partial charge < -0.3 is 14.6 Å². The summed E-state index contributed by atoms with van der Waals surface area (Å²) >= 11 is 11.6. The van der Waals surface area contributed by atoms with Crippen LogP contribution in [0.2, 0.25) is 0 Å². The number of rotatable bonds is 5. The maximum absolute atomic E-state index is 12.1. The van der Waals surface area contributed by atoms with Crippen molar-refractivity contribution in [1.82, 2.24) is 14.8 Å². The van der Waals surface area contributed by atoms with Crippen molar-refractivity contribution in [2.45, 2.75) is 5.16 Å². The number of methoxy groups -OCH3 is 1. The highest BCUT2D eigenvalue weighted by molar-refractivity contribution is 9.14. The molecule has 1 amide bonds. The van der Waals surface area contributed by atoms with Gasteiger partial charge in [0.2, 0.25) is 5.91 Å². The lowest BCUT2D eigenvalue weighted by molar-refractivity contribution is -0.113. The highest BCUT2D eigenvalue weighted by atomic mass is 79.9. The number of ether oxygens (including phenoxy) is 1. The molecule has 0 saturated carbocycles. The van der Waals surface area contributed by atoms with Gasteiger partial charge in [-0.15, -0.1) is 10.2 Å². The second-order valence-electron chi connectivity index (χ2n) is 4.13. The summed E-state index contributed by atoms with van der Waals surface area (Å²) in [5.41, 5.74) is 0.577. The topological polar surface area (TPSA) is 69.0 Å². The number of benzene rings is 1. The third-order valence-corrected chi connectivity index (χ3v) is 6.90. The Morgan fingerprint density at radius 3 is 2.73 bits per heavy atom. The summed E-state index contributed by atoms with van der Waals surface area (Å²) in [5.74, 6) is 0.612. The Hall–Kier alpha value is -0.580. The van der Waals surface area contributed by atoms with Gasteiger partial charge >= 0.3 is 0 Å². The van der Waals surface area contributed by atoms with Gasteiger partial charge in [0.05, 0.1) is 23.0 Å². The predicted molar refractivity (Wildman–Crippen MR) is 96.5 cm³/mol. The lowest BCUT2D eigenvalue weighted by Gasteiger charge is -2.14. The molecule has 0 aliphatic rings. The van der Waals surface area contributed by atoms with Crippen LogP contribution in [-0.2, 0) is 11.8 Å². The normalized spacial score (nSPS) is 10.6. The number of aryl methyl sites for hydroxylation is 1. The van der Waals surface area contributed by atoms with Crippen molar-refractivity contribution in [3.05, 3.63) is 25.8 Å². The summed E-state index contributed by atoms with van der Waals surface area (Å²) in [6.45, 7) is 0. The fourth-order valence-corrected chi connectivity index (χ4v) is 3.86. The molecule has 0 spiro atoms. The van der Waals surface area contributed by atoms with Crippen LogP contribution in [-0.4, -0.2) is 33.5 Å². The molecule has 10 heteroatoms. The zero-order valence-corrected chi connectivity index (χ0v) is 17.1. The van der Waals surface area contributed by atoms with Crippen LogP contribution >= 0.6 is 59.6 Å². The Balaban J connectivity index is 2.10. The fourth-order valence-electron chi connectivity index (χ4n) is 1.59. The molecule has 1 aromatic carbocycles. The number of hydrogen-bond donors (Lipinski definition) is 1. The minimum atomic E-state index is -0.160. The average Bonchev–Trinajstić information content (AvgIpc) is 2.88. The number of nitrogens with one attached hydrogen (secondary N) is 1. The molecule has 2 rings (SSSR count). The van der Waals surface area contributed by atoms with E-state index in [1.165, 1.54) is 11.8 Å². The molecule has 0 fully saturated rings. The number of carbonyl (C=O) groups excluding carboxylic acids is 1. The third kappa shape index (κ3) is 4.03. The van der Waals surface area contributed by atoms with E-state index in [2.05, 4.69) is 63.3 Å². The lowest BCUT2D eigenvalue weighted by atomic mass is 10.3. The molecule has 22 heavy (non-hydrogen) atoms. The number of amides is 1.